The Bertz CT molecular complexity index is 1820. The van der Waals surface area contributed by atoms with Crippen LogP contribution in [0.25, 0.3) is 0 Å². The normalized spacial score (nSPS) is 15.9. The number of anilines is 2. The maximum Gasteiger partial charge on any atom is 0.345 e. The molecule has 1 unspecified atom stereocenters. The Labute approximate surface area is 303 Å². The van der Waals surface area contributed by atoms with Crippen LogP contribution in [0.4, 0.5) is 11.4 Å². The van der Waals surface area contributed by atoms with E-state index >= 15 is 0 Å². The van der Waals surface area contributed by atoms with Crippen molar-refractivity contribution in [3.05, 3.63) is 89.5 Å². The van der Waals surface area contributed by atoms with E-state index in [2.05, 4.69) is 36.4 Å². The minimum Gasteiger partial charge on any atom is -0.487 e. The van der Waals surface area contributed by atoms with Gasteiger partial charge >= 0.3 is 10.2 Å². The molecule has 0 fully saturated rings. The number of hydrogen-bond donors (Lipinski definition) is 5. The fourth-order valence-corrected chi connectivity index (χ4v) is 6.98. The third-order valence-electron chi connectivity index (χ3n) is 8.28. The molecule has 0 saturated carbocycles. The quantitative estimate of drug-likeness (QED) is 0.0818. The van der Waals surface area contributed by atoms with E-state index in [1.165, 1.54) is 32.1 Å². The number of benzene rings is 3. The van der Waals surface area contributed by atoms with Crippen molar-refractivity contribution >= 4 is 43.3 Å². The van der Waals surface area contributed by atoms with Crippen LogP contribution in [0.3, 0.4) is 0 Å². The number of ether oxygens (including phenoxy) is 1. The van der Waals surface area contributed by atoms with E-state index < -0.39 is 26.3 Å². The first kappa shape index (κ1) is 39.8. The third-order valence-corrected chi connectivity index (χ3v) is 9.75. The minimum atomic E-state index is -3.83. The number of nitrogens with zero attached hydrogens (tertiary/aromatic N) is 2. The molecular formula is C37H52N6O6S2. The highest BCUT2D eigenvalue weighted by atomic mass is 32.2. The summed E-state index contributed by atoms with van der Waals surface area (Å²) in [5.74, 6) is 0.767. The second-order valence-electron chi connectivity index (χ2n) is 13.0. The topological polar surface area (TPSA) is 171 Å². The molecule has 0 bridgehead atoms. The molecule has 0 spiro atoms. The molecular weight excluding hydrogens is 689 g/mol. The van der Waals surface area contributed by atoms with Gasteiger partial charge in [-0.15, -0.1) is 4.40 Å². The van der Waals surface area contributed by atoms with Gasteiger partial charge in [-0.25, -0.2) is 13.1 Å². The predicted octanol–water partition coefficient (Wildman–Crippen LogP) is 6.09. The standard InChI is InChI=1S/C37H52N6O6S2/c1-4-5-6-7-8-9-10-14-23-38-36-37(43-51(47,48)42-36)40-32-20-17-29(18-21-32)24-28(2)39-26-34(44)31-19-22-35(33(25-31)41-50(3,45)46)49-27-30-15-12-11-13-16-30/h11-13,15-22,25,28,34,39,41,44H,4-10,14,23-24,26-27H2,1-3H3,(H,38,42)(H,40,43)/t28?,34-/m0/s1. The number of unbranched alkanes of at least 4 members (excludes halogenated alkanes) is 7. The summed E-state index contributed by atoms with van der Waals surface area (Å²) < 4.78 is 63.1. The van der Waals surface area contributed by atoms with Crippen molar-refractivity contribution in [2.24, 2.45) is 9.39 Å². The van der Waals surface area contributed by atoms with Crippen molar-refractivity contribution in [1.29, 1.82) is 0 Å². The van der Waals surface area contributed by atoms with Crippen molar-refractivity contribution in [3.8, 4) is 5.75 Å². The summed E-state index contributed by atoms with van der Waals surface area (Å²) in [4.78, 5) is 4.47. The van der Waals surface area contributed by atoms with Gasteiger partial charge in [-0.3, -0.25) is 9.71 Å². The lowest BCUT2D eigenvalue weighted by atomic mass is 10.0. The van der Waals surface area contributed by atoms with E-state index in [-0.39, 0.29) is 36.6 Å². The smallest absolute Gasteiger partial charge is 0.345 e. The van der Waals surface area contributed by atoms with Crippen LogP contribution in [-0.4, -0.2) is 59.0 Å². The molecule has 12 nitrogen and oxygen atoms in total. The Balaban J connectivity index is 1.26. The molecule has 2 atom stereocenters. The fraction of sp³-hybridized carbons (Fsp3) is 0.459. The number of aliphatic imine (C=N–C) groups is 1. The van der Waals surface area contributed by atoms with Crippen LogP contribution in [0.1, 0.15) is 88.0 Å². The minimum absolute atomic E-state index is 0.00387. The van der Waals surface area contributed by atoms with E-state index in [4.69, 9.17) is 4.74 Å². The number of sulfonamides is 1. The van der Waals surface area contributed by atoms with Gasteiger partial charge in [-0.1, -0.05) is 100 Å². The van der Waals surface area contributed by atoms with Gasteiger partial charge in [0, 0.05) is 24.8 Å². The van der Waals surface area contributed by atoms with Gasteiger partial charge in [-0.05, 0) is 60.7 Å². The molecule has 3 aromatic rings. The second-order valence-corrected chi connectivity index (χ2v) is 16.1. The Hall–Kier alpha value is -3.98. The first-order chi connectivity index (χ1) is 24.4. The van der Waals surface area contributed by atoms with Crippen molar-refractivity contribution in [3.63, 3.8) is 0 Å². The fourth-order valence-electron chi connectivity index (χ4n) is 5.60. The average molecular weight is 741 g/mol. The molecule has 0 saturated heterocycles. The van der Waals surface area contributed by atoms with Crippen LogP contribution in [0, 0.1) is 0 Å². The van der Waals surface area contributed by atoms with Crippen LogP contribution in [0.2, 0.25) is 0 Å². The lowest BCUT2D eigenvalue weighted by Crippen LogP contribution is -2.32. The summed E-state index contributed by atoms with van der Waals surface area (Å²) >= 11 is 0. The lowest BCUT2D eigenvalue weighted by molar-refractivity contribution is 0.170. The molecule has 1 aliphatic heterocycles. The molecule has 5 N–H and O–H groups in total. The molecule has 3 aromatic carbocycles. The van der Waals surface area contributed by atoms with Crippen molar-refractivity contribution < 1.29 is 26.7 Å². The largest absolute Gasteiger partial charge is 0.487 e. The first-order valence-electron chi connectivity index (χ1n) is 17.6. The molecule has 0 radical (unpaired) electrons. The zero-order valence-corrected chi connectivity index (χ0v) is 31.4. The van der Waals surface area contributed by atoms with Crippen LogP contribution >= 0.6 is 0 Å². The summed E-state index contributed by atoms with van der Waals surface area (Å²) in [6.07, 6.45) is 10.2. The number of aliphatic hydroxyl groups excluding tert-OH is 1. The second kappa shape index (κ2) is 19.6. The number of hydrogen-bond acceptors (Lipinski definition) is 9. The third kappa shape index (κ3) is 14.3. The maximum absolute atomic E-state index is 12.2. The van der Waals surface area contributed by atoms with Crippen LogP contribution in [0.5, 0.6) is 5.75 Å². The molecule has 278 valence electrons. The number of rotatable bonds is 21. The zero-order chi connectivity index (χ0) is 36.7. The SMILES string of the molecule is CCCCCCCCCCN=C1NS(=O)(=O)N=C1Nc1ccc(CC(C)NC[C@H](O)c2ccc(OCc3ccccc3)c(NS(C)(=O)=O)c2)cc1. The summed E-state index contributed by atoms with van der Waals surface area (Å²) in [5, 5.41) is 17.4. The zero-order valence-electron chi connectivity index (χ0n) is 29.8. The number of aliphatic hydroxyl groups is 1. The van der Waals surface area contributed by atoms with Gasteiger partial charge in [0.1, 0.15) is 12.4 Å². The van der Waals surface area contributed by atoms with Gasteiger partial charge in [0.2, 0.25) is 10.0 Å². The molecule has 0 aliphatic carbocycles. The maximum atomic E-state index is 12.2. The van der Waals surface area contributed by atoms with Crippen LogP contribution in [-0.2, 0) is 33.3 Å². The lowest BCUT2D eigenvalue weighted by Gasteiger charge is -2.19. The summed E-state index contributed by atoms with van der Waals surface area (Å²) in [7, 11) is -7.42. The molecule has 0 amide bonds. The van der Waals surface area contributed by atoms with E-state index in [0.717, 1.165) is 36.6 Å². The summed E-state index contributed by atoms with van der Waals surface area (Å²) in [6.45, 7) is 5.25. The van der Waals surface area contributed by atoms with E-state index in [1.54, 1.807) is 18.2 Å². The predicted molar refractivity (Wildman–Crippen MR) is 206 cm³/mol. The van der Waals surface area contributed by atoms with E-state index in [0.29, 0.717) is 30.0 Å². The van der Waals surface area contributed by atoms with Gasteiger partial charge in [0.05, 0.1) is 18.0 Å². The Morgan fingerprint density at radius 3 is 2.29 bits per heavy atom. The molecule has 51 heavy (non-hydrogen) atoms. The summed E-state index contributed by atoms with van der Waals surface area (Å²) in [5.41, 5.74) is 3.45. The first-order valence-corrected chi connectivity index (χ1v) is 21.0. The average Bonchev–Trinajstić information content (AvgIpc) is 3.38. The Morgan fingerprint density at radius 2 is 1.61 bits per heavy atom. The molecule has 4 rings (SSSR count). The highest BCUT2D eigenvalue weighted by Crippen LogP contribution is 2.30. The van der Waals surface area contributed by atoms with Crippen molar-refractivity contribution in [2.45, 2.75) is 90.4 Å². The van der Waals surface area contributed by atoms with E-state index in [9.17, 15) is 21.9 Å². The highest BCUT2D eigenvalue weighted by molar-refractivity contribution is 7.92. The van der Waals surface area contributed by atoms with Gasteiger partial charge in [-0.2, -0.15) is 8.42 Å². The van der Waals surface area contributed by atoms with Crippen molar-refractivity contribution in [1.82, 2.24) is 10.0 Å². The van der Waals surface area contributed by atoms with Gasteiger partial charge in [0.15, 0.2) is 11.7 Å². The Morgan fingerprint density at radius 1 is 0.922 bits per heavy atom. The van der Waals surface area contributed by atoms with Gasteiger partial charge < -0.3 is 20.5 Å². The molecule has 1 aliphatic rings. The van der Waals surface area contributed by atoms with Crippen LogP contribution < -0.4 is 24.8 Å². The number of nitrogens with one attached hydrogen (secondary N) is 4. The number of amidine groups is 2. The molecule has 1 heterocycles. The van der Waals surface area contributed by atoms with E-state index in [1.807, 2.05) is 61.5 Å². The van der Waals surface area contributed by atoms with Crippen LogP contribution in [0.15, 0.2) is 82.2 Å². The molecule has 14 heteroatoms. The summed E-state index contributed by atoms with van der Waals surface area (Å²) in [6, 6.07) is 22.1. The van der Waals surface area contributed by atoms with Gasteiger partial charge in [0.25, 0.3) is 0 Å². The molecule has 0 aromatic heterocycles. The Kier molecular flexibility index (Phi) is 15.3. The monoisotopic (exact) mass is 740 g/mol. The van der Waals surface area contributed by atoms with Crippen molar-refractivity contribution in [2.75, 3.05) is 29.4 Å². The highest BCUT2D eigenvalue weighted by Gasteiger charge is 2.26.